The van der Waals surface area contributed by atoms with Gasteiger partial charge in [0.1, 0.15) is 17.6 Å². The number of para-hydroxylation sites is 1. The fraction of sp³-hybridized carbons (Fsp3) is 0.174. The van der Waals surface area contributed by atoms with Crippen LogP contribution in [0.5, 0.6) is 5.75 Å². The minimum atomic E-state index is -0.497. The topological polar surface area (TPSA) is 69.0 Å². The van der Waals surface area contributed by atoms with Crippen LogP contribution in [-0.4, -0.2) is 27.6 Å². The van der Waals surface area contributed by atoms with Crippen molar-refractivity contribution in [2.75, 3.05) is 7.11 Å². The Labute approximate surface area is 179 Å². The summed E-state index contributed by atoms with van der Waals surface area (Å²) >= 11 is 6.12. The van der Waals surface area contributed by atoms with E-state index in [-0.39, 0.29) is 5.91 Å². The number of pyridine rings is 1. The normalized spacial score (nSPS) is 12.0. The standard InChI is InChI=1S/C23H21ClN4O2/c1-14-18(13-15-12-16(24)8-9-19(15)26-14)23(29)27-21(22-25-10-11-28(22)2)17-6-4-5-7-20(17)30-3/h4-13,21H,1-3H3,(H,27,29). The second kappa shape index (κ2) is 8.16. The molecule has 0 bridgehead atoms. The van der Waals surface area contributed by atoms with E-state index in [4.69, 9.17) is 16.3 Å². The van der Waals surface area contributed by atoms with E-state index in [0.717, 1.165) is 16.5 Å². The molecule has 0 radical (unpaired) electrons. The number of benzene rings is 2. The third-order valence-corrected chi connectivity index (χ3v) is 5.29. The van der Waals surface area contributed by atoms with Gasteiger partial charge in [-0.25, -0.2) is 4.98 Å². The third-order valence-electron chi connectivity index (χ3n) is 5.05. The van der Waals surface area contributed by atoms with Gasteiger partial charge in [-0.15, -0.1) is 0 Å². The van der Waals surface area contributed by atoms with Crippen LogP contribution in [-0.2, 0) is 7.05 Å². The van der Waals surface area contributed by atoms with Crippen molar-refractivity contribution in [3.05, 3.63) is 88.6 Å². The van der Waals surface area contributed by atoms with Gasteiger partial charge in [-0.05, 0) is 37.3 Å². The third kappa shape index (κ3) is 3.74. The van der Waals surface area contributed by atoms with Gasteiger partial charge in [0.2, 0.25) is 0 Å². The molecule has 0 fully saturated rings. The number of nitrogens with zero attached hydrogens (tertiary/aromatic N) is 3. The Kier molecular flexibility index (Phi) is 5.42. The lowest BCUT2D eigenvalue weighted by molar-refractivity contribution is 0.0940. The van der Waals surface area contributed by atoms with E-state index in [0.29, 0.717) is 27.9 Å². The number of hydrogen-bond donors (Lipinski definition) is 1. The molecule has 0 aliphatic carbocycles. The zero-order valence-electron chi connectivity index (χ0n) is 16.9. The van der Waals surface area contributed by atoms with Crippen molar-refractivity contribution in [2.24, 2.45) is 7.05 Å². The van der Waals surface area contributed by atoms with E-state index in [1.165, 1.54) is 0 Å². The van der Waals surface area contributed by atoms with Crippen molar-refractivity contribution in [1.29, 1.82) is 0 Å². The molecule has 1 unspecified atom stereocenters. The SMILES string of the molecule is COc1ccccc1C(NC(=O)c1cc2cc(Cl)ccc2nc1C)c1nccn1C. The van der Waals surface area contributed by atoms with Crippen LogP contribution in [0.1, 0.15) is 33.5 Å². The summed E-state index contributed by atoms with van der Waals surface area (Å²) in [4.78, 5) is 22.3. The van der Waals surface area contributed by atoms with E-state index in [9.17, 15) is 4.79 Å². The molecule has 0 saturated carbocycles. The van der Waals surface area contributed by atoms with Crippen LogP contribution < -0.4 is 10.1 Å². The summed E-state index contributed by atoms with van der Waals surface area (Å²) in [6.45, 7) is 1.82. The molecule has 0 saturated heterocycles. The van der Waals surface area contributed by atoms with Gasteiger partial charge in [0.25, 0.3) is 5.91 Å². The minimum absolute atomic E-state index is 0.249. The number of rotatable bonds is 5. The zero-order valence-corrected chi connectivity index (χ0v) is 17.6. The Morgan fingerprint density at radius 2 is 2.00 bits per heavy atom. The molecule has 0 aliphatic rings. The Bertz CT molecular complexity index is 1240. The Balaban J connectivity index is 1.77. The highest BCUT2D eigenvalue weighted by atomic mass is 35.5. The molecular weight excluding hydrogens is 400 g/mol. The monoisotopic (exact) mass is 420 g/mol. The van der Waals surface area contributed by atoms with Gasteiger partial charge in [0.05, 0.1) is 23.9 Å². The number of aryl methyl sites for hydroxylation is 2. The lowest BCUT2D eigenvalue weighted by Crippen LogP contribution is -2.32. The molecule has 152 valence electrons. The number of halogens is 1. The Morgan fingerprint density at radius 1 is 1.20 bits per heavy atom. The van der Waals surface area contributed by atoms with Crippen LogP contribution in [0.25, 0.3) is 10.9 Å². The van der Waals surface area contributed by atoms with Crippen molar-refractivity contribution in [3.63, 3.8) is 0 Å². The maximum Gasteiger partial charge on any atom is 0.253 e. The molecule has 4 rings (SSSR count). The van der Waals surface area contributed by atoms with Crippen molar-refractivity contribution < 1.29 is 9.53 Å². The lowest BCUT2D eigenvalue weighted by Gasteiger charge is -2.21. The highest BCUT2D eigenvalue weighted by molar-refractivity contribution is 6.31. The van der Waals surface area contributed by atoms with Crippen molar-refractivity contribution >= 4 is 28.4 Å². The first kappa shape index (κ1) is 19.9. The molecule has 2 aromatic heterocycles. The van der Waals surface area contributed by atoms with Gasteiger partial charge < -0.3 is 14.6 Å². The summed E-state index contributed by atoms with van der Waals surface area (Å²) in [6, 6.07) is 14.3. The number of aromatic nitrogens is 3. The van der Waals surface area contributed by atoms with Crippen LogP contribution in [0.15, 0.2) is 60.9 Å². The lowest BCUT2D eigenvalue weighted by atomic mass is 10.0. The molecule has 0 aliphatic heterocycles. The molecule has 30 heavy (non-hydrogen) atoms. The maximum atomic E-state index is 13.3. The van der Waals surface area contributed by atoms with E-state index in [2.05, 4.69) is 15.3 Å². The zero-order chi connectivity index (χ0) is 21.3. The molecule has 7 heteroatoms. The van der Waals surface area contributed by atoms with Gasteiger partial charge in [0, 0.05) is 35.4 Å². The van der Waals surface area contributed by atoms with Crippen molar-refractivity contribution in [2.45, 2.75) is 13.0 Å². The fourth-order valence-electron chi connectivity index (χ4n) is 3.52. The predicted molar refractivity (Wildman–Crippen MR) is 117 cm³/mol. The number of amides is 1. The molecule has 0 spiro atoms. The number of methoxy groups -OCH3 is 1. The number of hydrogen-bond acceptors (Lipinski definition) is 4. The summed E-state index contributed by atoms with van der Waals surface area (Å²) in [5.41, 5.74) is 2.73. The van der Waals surface area contributed by atoms with Crippen LogP contribution in [0, 0.1) is 6.92 Å². The summed E-state index contributed by atoms with van der Waals surface area (Å²) < 4.78 is 7.41. The summed E-state index contributed by atoms with van der Waals surface area (Å²) in [5.74, 6) is 1.12. The van der Waals surface area contributed by atoms with Crippen LogP contribution in [0.3, 0.4) is 0 Å². The van der Waals surface area contributed by atoms with E-state index >= 15 is 0 Å². The van der Waals surface area contributed by atoms with Crippen LogP contribution >= 0.6 is 11.6 Å². The Hall–Kier alpha value is -3.38. The largest absolute Gasteiger partial charge is 0.496 e. The molecule has 1 N–H and O–H groups in total. The number of ether oxygens (including phenoxy) is 1. The summed E-state index contributed by atoms with van der Waals surface area (Å²) in [6.07, 6.45) is 3.55. The van der Waals surface area contributed by atoms with Gasteiger partial charge in [-0.3, -0.25) is 9.78 Å². The van der Waals surface area contributed by atoms with Gasteiger partial charge in [-0.1, -0.05) is 29.8 Å². The van der Waals surface area contributed by atoms with Gasteiger partial charge >= 0.3 is 0 Å². The summed E-state index contributed by atoms with van der Waals surface area (Å²) in [7, 11) is 3.50. The first-order chi connectivity index (χ1) is 14.5. The number of fused-ring (bicyclic) bond motifs is 1. The van der Waals surface area contributed by atoms with Crippen LogP contribution in [0.2, 0.25) is 5.02 Å². The average Bonchev–Trinajstić information content (AvgIpc) is 3.17. The smallest absolute Gasteiger partial charge is 0.253 e. The molecular formula is C23H21ClN4O2. The van der Waals surface area contributed by atoms with E-state index in [1.807, 2.05) is 61.1 Å². The average molecular weight is 421 g/mol. The predicted octanol–water partition coefficient (Wildman–Crippen LogP) is 4.46. The molecule has 2 heterocycles. The van der Waals surface area contributed by atoms with E-state index in [1.54, 1.807) is 25.4 Å². The number of carbonyl (C=O) groups is 1. The molecule has 2 aromatic carbocycles. The second-order valence-electron chi connectivity index (χ2n) is 7.00. The van der Waals surface area contributed by atoms with E-state index < -0.39 is 6.04 Å². The Morgan fingerprint density at radius 3 is 2.73 bits per heavy atom. The first-order valence-electron chi connectivity index (χ1n) is 9.46. The second-order valence-corrected chi connectivity index (χ2v) is 7.44. The highest BCUT2D eigenvalue weighted by Crippen LogP contribution is 2.30. The maximum absolute atomic E-state index is 13.3. The molecule has 6 nitrogen and oxygen atoms in total. The first-order valence-corrected chi connectivity index (χ1v) is 9.83. The molecule has 1 amide bonds. The highest BCUT2D eigenvalue weighted by Gasteiger charge is 2.25. The van der Waals surface area contributed by atoms with Gasteiger partial charge in [-0.2, -0.15) is 0 Å². The van der Waals surface area contributed by atoms with Gasteiger partial charge in [0.15, 0.2) is 0 Å². The van der Waals surface area contributed by atoms with Crippen molar-refractivity contribution in [1.82, 2.24) is 19.9 Å². The molecule has 1 atom stereocenters. The summed E-state index contributed by atoms with van der Waals surface area (Å²) in [5, 5.41) is 4.52. The van der Waals surface area contributed by atoms with Crippen molar-refractivity contribution in [3.8, 4) is 5.75 Å². The number of carbonyl (C=O) groups excluding carboxylic acids is 1. The molecule has 4 aromatic rings. The fourth-order valence-corrected chi connectivity index (χ4v) is 3.70. The van der Waals surface area contributed by atoms with Crippen LogP contribution in [0.4, 0.5) is 0 Å². The quantitative estimate of drug-likeness (QED) is 0.517. The number of nitrogens with one attached hydrogen (secondary N) is 1. The number of imidazole rings is 1. The minimum Gasteiger partial charge on any atom is -0.496 e.